The van der Waals surface area contributed by atoms with Gasteiger partial charge in [-0.05, 0) is 30.0 Å². The predicted octanol–water partition coefficient (Wildman–Crippen LogP) is 3.71. The Hall–Kier alpha value is -0.830. The molecule has 88 valence electrons. The normalized spacial score (nSPS) is 13.3. The van der Waals surface area contributed by atoms with E-state index in [1.165, 1.54) is 5.56 Å². The Labute approximate surface area is 106 Å². The minimum atomic E-state index is -0.171. The zero-order valence-corrected chi connectivity index (χ0v) is 11.8. The third-order valence-corrected chi connectivity index (χ3v) is 2.80. The number of nitrogens with one attached hydrogen (secondary N) is 1. The summed E-state index contributed by atoms with van der Waals surface area (Å²) in [6, 6.07) is 7.98. The van der Waals surface area contributed by atoms with Crippen LogP contribution in [-0.2, 0) is 10.2 Å². The highest BCUT2D eigenvalue weighted by molar-refractivity contribution is 9.10. The first-order valence-corrected chi connectivity index (χ1v) is 6.28. The zero-order chi connectivity index (χ0) is 12.3. The van der Waals surface area contributed by atoms with E-state index in [1.807, 2.05) is 12.1 Å². The summed E-state index contributed by atoms with van der Waals surface area (Å²) in [5, 5.41) is 2.83. The first-order valence-electron chi connectivity index (χ1n) is 5.36. The van der Waals surface area contributed by atoms with Gasteiger partial charge in [0.15, 0.2) is 0 Å². The van der Waals surface area contributed by atoms with Crippen LogP contribution < -0.4 is 5.32 Å². The lowest BCUT2D eigenvalue weighted by Crippen LogP contribution is -2.20. The molecule has 0 bridgehead atoms. The van der Waals surface area contributed by atoms with Gasteiger partial charge in [-0.3, -0.25) is 4.79 Å². The number of anilines is 1. The van der Waals surface area contributed by atoms with E-state index in [4.69, 9.17) is 0 Å². The fourth-order valence-corrected chi connectivity index (χ4v) is 1.41. The first-order chi connectivity index (χ1) is 7.30. The molecule has 1 rings (SSSR count). The van der Waals surface area contributed by atoms with Gasteiger partial charge in [0.25, 0.3) is 0 Å². The molecule has 1 aromatic rings. The van der Waals surface area contributed by atoms with Gasteiger partial charge in [0, 0.05) is 5.69 Å². The summed E-state index contributed by atoms with van der Waals surface area (Å²) in [6.07, 6.45) is 0. The maximum absolute atomic E-state index is 11.4. The Morgan fingerprint density at radius 1 is 1.25 bits per heavy atom. The highest BCUT2D eigenvalue weighted by atomic mass is 79.9. The minimum absolute atomic E-state index is 0.0245. The van der Waals surface area contributed by atoms with E-state index < -0.39 is 0 Å². The molecule has 0 aliphatic heterocycles. The van der Waals surface area contributed by atoms with E-state index in [9.17, 15) is 4.79 Å². The van der Waals surface area contributed by atoms with Crippen LogP contribution in [-0.4, -0.2) is 10.7 Å². The Morgan fingerprint density at radius 3 is 2.12 bits per heavy atom. The van der Waals surface area contributed by atoms with Gasteiger partial charge in [-0.15, -0.1) is 0 Å². The van der Waals surface area contributed by atoms with Gasteiger partial charge in [-0.2, -0.15) is 0 Å². The number of amides is 1. The molecule has 1 atom stereocenters. The Morgan fingerprint density at radius 2 is 1.75 bits per heavy atom. The highest BCUT2D eigenvalue weighted by Gasteiger charge is 2.13. The second kappa shape index (κ2) is 5.00. The van der Waals surface area contributed by atoms with Crippen LogP contribution >= 0.6 is 15.9 Å². The van der Waals surface area contributed by atoms with Crippen molar-refractivity contribution in [2.45, 2.75) is 37.9 Å². The Balaban J connectivity index is 2.76. The number of carbonyl (C=O) groups excluding carboxylic acids is 1. The van der Waals surface area contributed by atoms with Crippen LogP contribution in [0.25, 0.3) is 0 Å². The molecular weight excluding hydrogens is 266 g/mol. The molecule has 1 amide bonds. The fraction of sp³-hybridized carbons (Fsp3) is 0.462. The third-order valence-electron chi connectivity index (χ3n) is 2.38. The van der Waals surface area contributed by atoms with Gasteiger partial charge in [0.1, 0.15) is 0 Å². The van der Waals surface area contributed by atoms with Crippen LogP contribution in [0.5, 0.6) is 0 Å². The lowest BCUT2D eigenvalue weighted by atomic mass is 9.87. The molecule has 0 aliphatic rings. The molecular formula is C13H18BrNO. The molecule has 0 aliphatic carbocycles. The molecule has 0 fully saturated rings. The summed E-state index contributed by atoms with van der Waals surface area (Å²) in [5.41, 5.74) is 2.24. The quantitative estimate of drug-likeness (QED) is 0.824. The topological polar surface area (TPSA) is 29.1 Å². The van der Waals surface area contributed by atoms with Gasteiger partial charge in [-0.25, -0.2) is 0 Å². The van der Waals surface area contributed by atoms with Crippen molar-refractivity contribution in [3.05, 3.63) is 29.8 Å². The van der Waals surface area contributed by atoms with Crippen LogP contribution in [0.1, 0.15) is 33.3 Å². The van der Waals surface area contributed by atoms with Crippen molar-refractivity contribution in [2.75, 3.05) is 5.32 Å². The van der Waals surface area contributed by atoms with Gasteiger partial charge < -0.3 is 5.32 Å². The summed E-state index contributed by atoms with van der Waals surface area (Å²) in [5.74, 6) is -0.0245. The van der Waals surface area contributed by atoms with Gasteiger partial charge >= 0.3 is 0 Å². The van der Waals surface area contributed by atoms with Crippen molar-refractivity contribution in [3.8, 4) is 0 Å². The van der Waals surface area contributed by atoms with E-state index in [-0.39, 0.29) is 16.1 Å². The minimum Gasteiger partial charge on any atom is -0.325 e. The van der Waals surface area contributed by atoms with Crippen molar-refractivity contribution in [3.63, 3.8) is 0 Å². The summed E-state index contributed by atoms with van der Waals surface area (Å²) >= 11 is 3.23. The maximum Gasteiger partial charge on any atom is 0.237 e. The Kier molecular flexibility index (Phi) is 4.14. The number of rotatable bonds is 2. The standard InChI is InChI=1S/C13H18BrNO/c1-9(14)12(16)15-11-7-5-10(6-8-11)13(2,3)4/h5-9H,1-4H3,(H,15,16). The van der Waals surface area contributed by atoms with Gasteiger partial charge in [0.05, 0.1) is 4.83 Å². The SMILES string of the molecule is CC(Br)C(=O)Nc1ccc(C(C)(C)C)cc1. The molecule has 1 unspecified atom stereocenters. The van der Waals surface area contributed by atoms with E-state index in [2.05, 4.69) is 54.2 Å². The lowest BCUT2D eigenvalue weighted by molar-refractivity contribution is -0.115. The van der Waals surface area contributed by atoms with Crippen molar-refractivity contribution < 1.29 is 4.79 Å². The Bertz CT molecular complexity index is 363. The van der Waals surface area contributed by atoms with Crippen LogP contribution in [0.4, 0.5) is 5.69 Å². The molecule has 0 spiro atoms. The third kappa shape index (κ3) is 3.63. The van der Waals surface area contributed by atoms with Gasteiger partial charge in [-0.1, -0.05) is 48.8 Å². The van der Waals surface area contributed by atoms with Crippen LogP contribution in [0.2, 0.25) is 0 Å². The molecule has 16 heavy (non-hydrogen) atoms. The summed E-state index contributed by atoms with van der Waals surface area (Å²) in [4.78, 5) is 11.3. The van der Waals surface area contributed by atoms with E-state index in [0.717, 1.165) is 5.69 Å². The number of carbonyl (C=O) groups is 1. The monoisotopic (exact) mass is 283 g/mol. The second-order valence-corrected chi connectivity index (χ2v) is 6.31. The summed E-state index contributed by atoms with van der Waals surface area (Å²) < 4.78 is 0. The second-order valence-electron chi connectivity index (χ2n) is 4.93. The average Bonchev–Trinajstić information content (AvgIpc) is 2.17. The molecule has 0 heterocycles. The molecule has 0 saturated heterocycles. The number of alkyl halides is 1. The number of hydrogen-bond donors (Lipinski definition) is 1. The smallest absolute Gasteiger partial charge is 0.237 e. The van der Waals surface area contributed by atoms with Gasteiger partial charge in [0.2, 0.25) is 5.91 Å². The van der Waals surface area contributed by atoms with E-state index in [1.54, 1.807) is 6.92 Å². The molecule has 1 N–H and O–H groups in total. The molecule has 1 aromatic carbocycles. The molecule has 0 aromatic heterocycles. The number of benzene rings is 1. The number of halogens is 1. The number of hydrogen-bond acceptors (Lipinski definition) is 1. The summed E-state index contributed by atoms with van der Waals surface area (Å²) in [7, 11) is 0. The molecule has 3 heteroatoms. The predicted molar refractivity (Wildman–Crippen MR) is 72.2 cm³/mol. The van der Waals surface area contributed by atoms with E-state index in [0.29, 0.717) is 0 Å². The lowest BCUT2D eigenvalue weighted by Gasteiger charge is -2.19. The van der Waals surface area contributed by atoms with Crippen LogP contribution in [0.15, 0.2) is 24.3 Å². The van der Waals surface area contributed by atoms with Crippen molar-refractivity contribution in [1.82, 2.24) is 0 Å². The average molecular weight is 284 g/mol. The highest BCUT2D eigenvalue weighted by Crippen LogP contribution is 2.23. The van der Waals surface area contributed by atoms with E-state index >= 15 is 0 Å². The first kappa shape index (κ1) is 13.2. The van der Waals surface area contributed by atoms with Crippen molar-refractivity contribution in [1.29, 1.82) is 0 Å². The molecule has 0 radical (unpaired) electrons. The molecule has 0 saturated carbocycles. The largest absolute Gasteiger partial charge is 0.325 e. The van der Waals surface area contributed by atoms with Crippen LogP contribution in [0.3, 0.4) is 0 Å². The zero-order valence-electron chi connectivity index (χ0n) is 10.2. The van der Waals surface area contributed by atoms with Crippen molar-refractivity contribution in [2.24, 2.45) is 0 Å². The van der Waals surface area contributed by atoms with Crippen molar-refractivity contribution >= 4 is 27.5 Å². The fourth-order valence-electron chi connectivity index (χ4n) is 1.30. The molecule has 2 nitrogen and oxygen atoms in total. The van der Waals surface area contributed by atoms with Crippen LogP contribution in [0, 0.1) is 0 Å². The maximum atomic E-state index is 11.4. The summed E-state index contributed by atoms with van der Waals surface area (Å²) in [6.45, 7) is 8.31.